The molecule has 0 heterocycles. The molecule has 1 atom stereocenters. The predicted molar refractivity (Wildman–Crippen MR) is 76.6 cm³/mol. The van der Waals surface area contributed by atoms with E-state index in [1.807, 2.05) is 25.1 Å². The zero-order chi connectivity index (χ0) is 13.5. The van der Waals surface area contributed by atoms with Crippen LogP contribution in [0.3, 0.4) is 0 Å². The number of aryl methyl sites for hydroxylation is 1. The van der Waals surface area contributed by atoms with E-state index >= 15 is 0 Å². The molecule has 0 saturated carbocycles. The van der Waals surface area contributed by atoms with E-state index in [9.17, 15) is 4.79 Å². The van der Waals surface area contributed by atoms with Crippen LogP contribution in [0.4, 0.5) is 5.69 Å². The molecule has 1 unspecified atom stereocenters. The molecule has 1 aromatic carbocycles. The number of nitrogens with one attached hydrogen (secondary N) is 1. The monoisotopic (exact) mass is 314 g/mol. The summed E-state index contributed by atoms with van der Waals surface area (Å²) in [4.78, 5) is 11.9. The predicted octanol–water partition coefficient (Wildman–Crippen LogP) is 2.31. The lowest BCUT2D eigenvalue weighted by Gasteiger charge is -2.14. The summed E-state index contributed by atoms with van der Waals surface area (Å²) in [6.45, 7) is 2.53. The standard InChI is InChI=1S/C13H19BrN2O2/c1-3-9-8-10(14)4-5-12(9)16-13(17)11(15)6-7-18-2/h4-5,8,11H,3,6-7,15H2,1-2H3,(H,16,17). The van der Waals surface area contributed by atoms with Crippen molar-refractivity contribution in [3.05, 3.63) is 28.2 Å². The van der Waals surface area contributed by atoms with Crippen LogP contribution in [-0.2, 0) is 16.0 Å². The van der Waals surface area contributed by atoms with Gasteiger partial charge in [0.05, 0.1) is 6.04 Å². The highest BCUT2D eigenvalue weighted by Crippen LogP contribution is 2.21. The molecule has 0 aliphatic carbocycles. The van der Waals surface area contributed by atoms with Crippen LogP contribution < -0.4 is 11.1 Å². The van der Waals surface area contributed by atoms with Crippen molar-refractivity contribution >= 4 is 27.5 Å². The van der Waals surface area contributed by atoms with Crippen LogP contribution in [0.1, 0.15) is 18.9 Å². The van der Waals surface area contributed by atoms with Gasteiger partial charge in [-0.05, 0) is 36.6 Å². The maximum atomic E-state index is 11.9. The first-order chi connectivity index (χ1) is 8.58. The number of nitrogens with two attached hydrogens (primary N) is 1. The van der Waals surface area contributed by atoms with Crippen molar-refractivity contribution in [1.29, 1.82) is 0 Å². The van der Waals surface area contributed by atoms with Crippen LogP contribution in [0.15, 0.2) is 22.7 Å². The first-order valence-electron chi connectivity index (χ1n) is 5.92. The van der Waals surface area contributed by atoms with E-state index in [-0.39, 0.29) is 5.91 Å². The Hall–Kier alpha value is -0.910. The molecule has 3 N–H and O–H groups in total. The summed E-state index contributed by atoms with van der Waals surface area (Å²) in [6, 6.07) is 5.23. The van der Waals surface area contributed by atoms with Gasteiger partial charge in [-0.15, -0.1) is 0 Å². The van der Waals surface area contributed by atoms with E-state index in [0.29, 0.717) is 13.0 Å². The number of benzene rings is 1. The molecule has 0 spiro atoms. The van der Waals surface area contributed by atoms with Gasteiger partial charge in [0, 0.05) is 23.9 Å². The Balaban J connectivity index is 2.69. The van der Waals surface area contributed by atoms with Gasteiger partial charge in [-0.25, -0.2) is 0 Å². The van der Waals surface area contributed by atoms with Crippen LogP contribution in [0.2, 0.25) is 0 Å². The second-order valence-electron chi connectivity index (χ2n) is 4.03. The minimum atomic E-state index is -0.543. The molecule has 0 saturated heterocycles. The summed E-state index contributed by atoms with van der Waals surface area (Å²) in [5.74, 6) is -0.177. The van der Waals surface area contributed by atoms with Crippen LogP contribution in [0, 0.1) is 0 Å². The number of hydrogen-bond donors (Lipinski definition) is 2. The zero-order valence-corrected chi connectivity index (χ0v) is 12.3. The molecule has 0 radical (unpaired) electrons. The van der Waals surface area contributed by atoms with E-state index < -0.39 is 6.04 Å². The van der Waals surface area contributed by atoms with Gasteiger partial charge in [-0.3, -0.25) is 4.79 Å². The topological polar surface area (TPSA) is 64.4 Å². The second kappa shape index (κ2) is 7.51. The summed E-state index contributed by atoms with van der Waals surface area (Å²) in [7, 11) is 1.59. The summed E-state index contributed by atoms with van der Waals surface area (Å²) >= 11 is 3.41. The van der Waals surface area contributed by atoms with Crippen molar-refractivity contribution in [2.75, 3.05) is 19.0 Å². The molecule has 1 rings (SSSR count). The van der Waals surface area contributed by atoms with Crippen molar-refractivity contribution in [3.8, 4) is 0 Å². The fraction of sp³-hybridized carbons (Fsp3) is 0.462. The lowest BCUT2D eigenvalue weighted by Crippen LogP contribution is -2.36. The van der Waals surface area contributed by atoms with Crippen molar-refractivity contribution in [3.63, 3.8) is 0 Å². The van der Waals surface area contributed by atoms with E-state index in [0.717, 1.165) is 22.1 Å². The van der Waals surface area contributed by atoms with Crippen molar-refractivity contribution in [2.24, 2.45) is 5.73 Å². The Bertz CT molecular complexity index is 410. The number of halogens is 1. The van der Waals surface area contributed by atoms with Crippen LogP contribution in [-0.4, -0.2) is 25.7 Å². The normalized spacial score (nSPS) is 12.2. The van der Waals surface area contributed by atoms with E-state index in [1.54, 1.807) is 7.11 Å². The lowest BCUT2D eigenvalue weighted by atomic mass is 10.1. The quantitative estimate of drug-likeness (QED) is 0.847. The Morgan fingerprint density at radius 1 is 1.56 bits per heavy atom. The third-order valence-corrected chi connectivity index (χ3v) is 3.17. The Morgan fingerprint density at radius 3 is 2.89 bits per heavy atom. The third kappa shape index (κ3) is 4.40. The largest absolute Gasteiger partial charge is 0.385 e. The van der Waals surface area contributed by atoms with Crippen LogP contribution in [0.25, 0.3) is 0 Å². The molecule has 18 heavy (non-hydrogen) atoms. The molecular weight excluding hydrogens is 296 g/mol. The summed E-state index contributed by atoms with van der Waals surface area (Å²) in [5.41, 5.74) is 7.67. The first-order valence-corrected chi connectivity index (χ1v) is 6.71. The molecular formula is C13H19BrN2O2. The number of methoxy groups -OCH3 is 1. The molecule has 0 aliphatic rings. The van der Waals surface area contributed by atoms with Crippen molar-refractivity contribution < 1.29 is 9.53 Å². The average molecular weight is 315 g/mol. The van der Waals surface area contributed by atoms with Crippen molar-refractivity contribution in [2.45, 2.75) is 25.8 Å². The molecule has 1 aromatic rings. The zero-order valence-electron chi connectivity index (χ0n) is 10.7. The van der Waals surface area contributed by atoms with Crippen LogP contribution >= 0.6 is 15.9 Å². The van der Waals surface area contributed by atoms with Crippen molar-refractivity contribution in [1.82, 2.24) is 0 Å². The molecule has 100 valence electrons. The molecule has 0 bridgehead atoms. The summed E-state index contributed by atoms with van der Waals surface area (Å²) in [5, 5.41) is 2.86. The average Bonchev–Trinajstić information content (AvgIpc) is 2.37. The van der Waals surface area contributed by atoms with Gasteiger partial charge in [-0.1, -0.05) is 22.9 Å². The van der Waals surface area contributed by atoms with E-state index in [4.69, 9.17) is 10.5 Å². The summed E-state index contributed by atoms with van der Waals surface area (Å²) in [6.07, 6.45) is 1.36. The van der Waals surface area contributed by atoms with E-state index in [2.05, 4.69) is 21.2 Å². The highest BCUT2D eigenvalue weighted by molar-refractivity contribution is 9.10. The van der Waals surface area contributed by atoms with Gasteiger partial charge >= 0.3 is 0 Å². The molecule has 0 aromatic heterocycles. The van der Waals surface area contributed by atoms with Gasteiger partial charge in [0.1, 0.15) is 0 Å². The number of carbonyl (C=O) groups is 1. The maximum Gasteiger partial charge on any atom is 0.241 e. The fourth-order valence-electron chi connectivity index (χ4n) is 1.58. The Morgan fingerprint density at radius 2 is 2.28 bits per heavy atom. The SMILES string of the molecule is CCc1cc(Br)ccc1NC(=O)C(N)CCOC. The lowest BCUT2D eigenvalue weighted by molar-refractivity contribution is -0.117. The number of amides is 1. The Labute approximate surface area is 116 Å². The van der Waals surface area contributed by atoms with Crippen LogP contribution in [0.5, 0.6) is 0 Å². The highest BCUT2D eigenvalue weighted by Gasteiger charge is 2.14. The maximum absolute atomic E-state index is 11.9. The number of carbonyl (C=O) groups excluding carboxylic acids is 1. The number of hydrogen-bond acceptors (Lipinski definition) is 3. The number of rotatable bonds is 6. The second-order valence-corrected chi connectivity index (χ2v) is 4.95. The van der Waals surface area contributed by atoms with Gasteiger partial charge in [0.15, 0.2) is 0 Å². The minimum Gasteiger partial charge on any atom is -0.385 e. The molecule has 1 amide bonds. The minimum absolute atomic E-state index is 0.177. The molecule has 0 aliphatic heterocycles. The fourth-order valence-corrected chi connectivity index (χ4v) is 1.99. The number of anilines is 1. The smallest absolute Gasteiger partial charge is 0.241 e. The first kappa shape index (κ1) is 15.1. The van der Waals surface area contributed by atoms with Gasteiger partial charge in [0.2, 0.25) is 5.91 Å². The molecule has 5 heteroatoms. The van der Waals surface area contributed by atoms with Gasteiger partial charge < -0.3 is 15.8 Å². The highest BCUT2D eigenvalue weighted by atomic mass is 79.9. The molecule has 0 fully saturated rings. The third-order valence-electron chi connectivity index (χ3n) is 2.68. The Kier molecular flexibility index (Phi) is 6.32. The van der Waals surface area contributed by atoms with E-state index in [1.165, 1.54) is 0 Å². The van der Waals surface area contributed by atoms with Gasteiger partial charge in [0.25, 0.3) is 0 Å². The summed E-state index contributed by atoms with van der Waals surface area (Å²) < 4.78 is 5.91. The van der Waals surface area contributed by atoms with Gasteiger partial charge in [-0.2, -0.15) is 0 Å². The molecule has 4 nitrogen and oxygen atoms in total. The number of ether oxygens (including phenoxy) is 1.